The average molecular weight is 263 g/mol. The van der Waals surface area contributed by atoms with Gasteiger partial charge in [-0.3, -0.25) is 0 Å². The summed E-state index contributed by atoms with van der Waals surface area (Å²) in [6, 6.07) is 12.9. The Morgan fingerprint density at radius 2 is 1.83 bits per heavy atom. The van der Waals surface area contributed by atoms with Crippen LogP contribution in [0.4, 0.5) is 0 Å². The van der Waals surface area contributed by atoms with Gasteiger partial charge in [-0.05, 0) is 41.8 Å². The van der Waals surface area contributed by atoms with E-state index in [1.807, 2.05) is 37.3 Å². The van der Waals surface area contributed by atoms with E-state index in [9.17, 15) is 5.11 Å². The van der Waals surface area contributed by atoms with E-state index in [4.69, 9.17) is 16.3 Å². The van der Waals surface area contributed by atoms with Crippen LogP contribution in [0.25, 0.3) is 0 Å². The Hall–Kier alpha value is -1.51. The molecule has 0 aliphatic rings. The van der Waals surface area contributed by atoms with Crippen LogP contribution in [0.3, 0.4) is 0 Å². The van der Waals surface area contributed by atoms with Crippen LogP contribution in [0.1, 0.15) is 22.8 Å². The fourth-order valence-corrected chi connectivity index (χ4v) is 2.07. The first-order valence-corrected chi connectivity index (χ1v) is 6.07. The lowest BCUT2D eigenvalue weighted by Crippen LogP contribution is -2.00. The second-order valence-corrected chi connectivity index (χ2v) is 4.62. The molecule has 94 valence electrons. The molecule has 0 radical (unpaired) electrons. The van der Waals surface area contributed by atoms with Gasteiger partial charge in [0.15, 0.2) is 0 Å². The van der Waals surface area contributed by atoms with E-state index in [0.717, 1.165) is 22.4 Å². The zero-order valence-corrected chi connectivity index (χ0v) is 11.1. The van der Waals surface area contributed by atoms with Crippen LogP contribution in [0.2, 0.25) is 5.02 Å². The molecular weight excluding hydrogens is 248 g/mol. The fraction of sp³-hybridized carbons (Fsp3) is 0.200. The SMILES string of the molecule is COc1cc(C(O)c2cccc(Cl)c2)ccc1C. The third kappa shape index (κ3) is 2.66. The molecule has 0 heterocycles. The maximum absolute atomic E-state index is 10.3. The minimum absolute atomic E-state index is 0.616. The highest BCUT2D eigenvalue weighted by Gasteiger charge is 2.12. The monoisotopic (exact) mass is 262 g/mol. The first-order chi connectivity index (χ1) is 8.61. The van der Waals surface area contributed by atoms with Crippen molar-refractivity contribution < 1.29 is 9.84 Å². The predicted molar refractivity (Wildman–Crippen MR) is 73.2 cm³/mol. The first-order valence-electron chi connectivity index (χ1n) is 5.70. The summed E-state index contributed by atoms with van der Waals surface area (Å²) >= 11 is 5.92. The number of aryl methyl sites for hydroxylation is 1. The van der Waals surface area contributed by atoms with Gasteiger partial charge >= 0.3 is 0 Å². The molecule has 0 aromatic heterocycles. The lowest BCUT2D eigenvalue weighted by atomic mass is 10.00. The Morgan fingerprint density at radius 3 is 2.50 bits per heavy atom. The standard InChI is InChI=1S/C15H15ClO2/c1-10-6-7-12(9-14(10)18-2)15(17)11-4-3-5-13(16)8-11/h3-9,15,17H,1-2H3. The van der Waals surface area contributed by atoms with Gasteiger partial charge in [0.05, 0.1) is 7.11 Å². The Kier molecular flexibility index (Phi) is 3.90. The number of rotatable bonds is 3. The van der Waals surface area contributed by atoms with E-state index in [0.29, 0.717) is 5.02 Å². The van der Waals surface area contributed by atoms with Crippen LogP contribution in [-0.4, -0.2) is 12.2 Å². The Bertz CT molecular complexity index is 552. The van der Waals surface area contributed by atoms with E-state index in [2.05, 4.69) is 0 Å². The Labute approximate surface area is 112 Å². The number of methoxy groups -OCH3 is 1. The van der Waals surface area contributed by atoms with Crippen molar-refractivity contribution in [1.29, 1.82) is 0 Å². The van der Waals surface area contributed by atoms with Crippen LogP contribution in [-0.2, 0) is 0 Å². The molecule has 1 unspecified atom stereocenters. The molecule has 0 spiro atoms. The van der Waals surface area contributed by atoms with Gasteiger partial charge in [-0.2, -0.15) is 0 Å². The van der Waals surface area contributed by atoms with E-state index < -0.39 is 6.10 Å². The van der Waals surface area contributed by atoms with Gasteiger partial charge in [0.25, 0.3) is 0 Å². The molecule has 2 aromatic rings. The van der Waals surface area contributed by atoms with Crippen LogP contribution < -0.4 is 4.74 Å². The minimum Gasteiger partial charge on any atom is -0.496 e. The highest BCUT2D eigenvalue weighted by Crippen LogP contribution is 2.28. The van der Waals surface area contributed by atoms with Crippen molar-refractivity contribution in [1.82, 2.24) is 0 Å². The van der Waals surface area contributed by atoms with Crippen LogP contribution in [0.15, 0.2) is 42.5 Å². The molecule has 3 heteroatoms. The number of benzene rings is 2. The second kappa shape index (κ2) is 5.42. The average Bonchev–Trinajstić information content (AvgIpc) is 2.38. The summed E-state index contributed by atoms with van der Waals surface area (Å²) in [6.07, 6.45) is -0.696. The zero-order chi connectivity index (χ0) is 13.1. The normalized spacial score (nSPS) is 12.2. The van der Waals surface area contributed by atoms with Crippen molar-refractivity contribution >= 4 is 11.6 Å². The van der Waals surface area contributed by atoms with Crippen molar-refractivity contribution in [2.75, 3.05) is 7.11 Å². The number of hydrogen-bond acceptors (Lipinski definition) is 2. The molecule has 0 bridgehead atoms. The van der Waals surface area contributed by atoms with Gasteiger partial charge < -0.3 is 9.84 Å². The molecule has 0 saturated heterocycles. The maximum Gasteiger partial charge on any atom is 0.122 e. The maximum atomic E-state index is 10.3. The predicted octanol–water partition coefficient (Wildman–Crippen LogP) is 3.74. The summed E-state index contributed by atoms with van der Waals surface area (Å²) in [7, 11) is 1.62. The summed E-state index contributed by atoms with van der Waals surface area (Å²) in [5.41, 5.74) is 2.60. The summed E-state index contributed by atoms with van der Waals surface area (Å²) in [4.78, 5) is 0. The van der Waals surface area contributed by atoms with Gasteiger partial charge in [0.2, 0.25) is 0 Å². The lowest BCUT2D eigenvalue weighted by molar-refractivity contribution is 0.219. The molecule has 2 aromatic carbocycles. The van der Waals surface area contributed by atoms with Gasteiger partial charge in [-0.15, -0.1) is 0 Å². The zero-order valence-electron chi connectivity index (χ0n) is 10.4. The van der Waals surface area contributed by atoms with E-state index in [1.54, 1.807) is 19.2 Å². The summed E-state index contributed by atoms with van der Waals surface area (Å²) in [5, 5.41) is 10.9. The summed E-state index contributed by atoms with van der Waals surface area (Å²) in [6.45, 7) is 1.97. The number of hydrogen-bond donors (Lipinski definition) is 1. The minimum atomic E-state index is -0.696. The number of aliphatic hydroxyl groups is 1. The molecule has 1 atom stereocenters. The second-order valence-electron chi connectivity index (χ2n) is 4.19. The first kappa shape index (κ1) is 12.9. The molecule has 18 heavy (non-hydrogen) atoms. The van der Waals surface area contributed by atoms with Crippen molar-refractivity contribution in [2.24, 2.45) is 0 Å². The third-order valence-electron chi connectivity index (χ3n) is 2.91. The van der Waals surface area contributed by atoms with Gasteiger partial charge in [-0.1, -0.05) is 35.9 Å². The molecule has 0 fully saturated rings. The van der Waals surface area contributed by atoms with E-state index in [1.165, 1.54) is 0 Å². The lowest BCUT2D eigenvalue weighted by Gasteiger charge is -2.14. The van der Waals surface area contributed by atoms with Crippen LogP contribution >= 0.6 is 11.6 Å². The molecular formula is C15H15ClO2. The summed E-state index contributed by atoms with van der Waals surface area (Å²) in [5.74, 6) is 0.772. The van der Waals surface area contributed by atoms with Crippen LogP contribution in [0.5, 0.6) is 5.75 Å². The molecule has 0 aliphatic heterocycles. The third-order valence-corrected chi connectivity index (χ3v) is 3.15. The molecule has 2 nitrogen and oxygen atoms in total. The molecule has 1 N–H and O–H groups in total. The molecule has 0 aliphatic carbocycles. The molecule has 0 saturated carbocycles. The van der Waals surface area contributed by atoms with Crippen molar-refractivity contribution in [3.8, 4) is 5.75 Å². The van der Waals surface area contributed by atoms with E-state index >= 15 is 0 Å². The van der Waals surface area contributed by atoms with Crippen molar-refractivity contribution in [3.05, 3.63) is 64.2 Å². The largest absolute Gasteiger partial charge is 0.496 e. The van der Waals surface area contributed by atoms with Crippen molar-refractivity contribution in [2.45, 2.75) is 13.0 Å². The van der Waals surface area contributed by atoms with Crippen LogP contribution in [0, 0.1) is 6.92 Å². The number of halogens is 1. The quantitative estimate of drug-likeness (QED) is 0.913. The highest BCUT2D eigenvalue weighted by molar-refractivity contribution is 6.30. The molecule has 2 rings (SSSR count). The Morgan fingerprint density at radius 1 is 1.11 bits per heavy atom. The Balaban J connectivity index is 2.36. The van der Waals surface area contributed by atoms with Crippen molar-refractivity contribution in [3.63, 3.8) is 0 Å². The van der Waals surface area contributed by atoms with Gasteiger partial charge in [0, 0.05) is 5.02 Å². The molecule has 0 amide bonds. The smallest absolute Gasteiger partial charge is 0.122 e. The number of aliphatic hydroxyl groups excluding tert-OH is 1. The fourth-order valence-electron chi connectivity index (χ4n) is 1.88. The highest BCUT2D eigenvalue weighted by atomic mass is 35.5. The topological polar surface area (TPSA) is 29.5 Å². The van der Waals surface area contributed by atoms with E-state index in [-0.39, 0.29) is 0 Å². The number of ether oxygens (including phenoxy) is 1. The van der Waals surface area contributed by atoms with Gasteiger partial charge in [-0.25, -0.2) is 0 Å². The van der Waals surface area contributed by atoms with Gasteiger partial charge in [0.1, 0.15) is 11.9 Å². The summed E-state index contributed by atoms with van der Waals surface area (Å²) < 4.78 is 5.26.